The number of ether oxygens (including phenoxy) is 1. The van der Waals surface area contributed by atoms with Gasteiger partial charge in [-0.25, -0.2) is 13.2 Å². The number of sulfonamides is 1. The molecule has 0 saturated heterocycles. The van der Waals surface area contributed by atoms with Gasteiger partial charge < -0.3 is 9.72 Å². The lowest BCUT2D eigenvalue weighted by molar-refractivity contribution is 0.418. The average Bonchev–Trinajstić information content (AvgIpc) is 3.28. The van der Waals surface area contributed by atoms with Crippen LogP contribution in [0.25, 0.3) is 44.2 Å². The first-order chi connectivity index (χ1) is 17.6. The zero-order valence-corrected chi connectivity index (χ0v) is 21.0. The molecule has 5 rings (SSSR count). The Morgan fingerprint density at radius 3 is 2.27 bits per heavy atom. The SMILES string of the molecule is COc1c(-c2ccc3cc(NS(C)(=O)=O)ccc3c2)cc(-c2c[nH]c(=O)[nH]c2=O)cc1-c1cnn(C)c1. The van der Waals surface area contributed by atoms with Crippen molar-refractivity contribution >= 4 is 26.5 Å². The van der Waals surface area contributed by atoms with Gasteiger partial charge in [0, 0.05) is 41.8 Å². The first-order valence-electron chi connectivity index (χ1n) is 11.2. The van der Waals surface area contributed by atoms with Crippen LogP contribution in [0.3, 0.4) is 0 Å². The van der Waals surface area contributed by atoms with Crippen LogP contribution in [0.1, 0.15) is 0 Å². The topological polar surface area (TPSA) is 139 Å². The van der Waals surface area contributed by atoms with E-state index in [0.29, 0.717) is 22.6 Å². The number of H-pyrrole nitrogens is 2. The van der Waals surface area contributed by atoms with Crippen LogP contribution in [0.4, 0.5) is 5.69 Å². The van der Waals surface area contributed by atoms with E-state index in [4.69, 9.17) is 4.74 Å². The van der Waals surface area contributed by atoms with Gasteiger partial charge in [0.25, 0.3) is 5.56 Å². The summed E-state index contributed by atoms with van der Waals surface area (Å²) in [6, 6.07) is 14.7. The molecule has 0 saturated carbocycles. The number of anilines is 1. The molecule has 0 radical (unpaired) electrons. The van der Waals surface area contributed by atoms with Gasteiger partial charge in [0.15, 0.2) is 0 Å². The van der Waals surface area contributed by atoms with E-state index in [2.05, 4.69) is 19.8 Å². The molecule has 0 atom stereocenters. The standard InChI is InChI=1S/C26H23N5O5S/c1-31-14-19(12-28-31)22-11-18(23-13-27-26(33)29-25(23)32)10-21(24(22)36-2)17-5-4-16-9-20(30-37(3,34)35)7-6-15(16)8-17/h4-14,30H,1-3H3,(H2,27,29,32,33). The lowest BCUT2D eigenvalue weighted by atomic mass is 9.92. The Hall–Kier alpha value is -4.64. The summed E-state index contributed by atoms with van der Waals surface area (Å²) < 4.78 is 33.2. The molecule has 5 aromatic rings. The smallest absolute Gasteiger partial charge is 0.325 e. The second-order valence-electron chi connectivity index (χ2n) is 8.64. The summed E-state index contributed by atoms with van der Waals surface area (Å²) in [5.74, 6) is 0.590. The Bertz CT molecular complexity index is 1890. The van der Waals surface area contributed by atoms with E-state index in [1.54, 1.807) is 30.1 Å². The molecule has 0 fully saturated rings. The summed E-state index contributed by atoms with van der Waals surface area (Å²) in [5, 5.41) is 6.00. The number of nitrogens with zero attached hydrogens (tertiary/aromatic N) is 2. The molecule has 0 aliphatic heterocycles. The predicted molar refractivity (Wildman–Crippen MR) is 143 cm³/mol. The van der Waals surface area contributed by atoms with Crippen LogP contribution >= 0.6 is 0 Å². The highest BCUT2D eigenvalue weighted by Gasteiger charge is 2.19. The largest absolute Gasteiger partial charge is 0.495 e. The number of aromatic amines is 2. The van der Waals surface area contributed by atoms with Crippen molar-refractivity contribution in [1.29, 1.82) is 0 Å². The van der Waals surface area contributed by atoms with E-state index in [1.165, 1.54) is 6.20 Å². The van der Waals surface area contributed by atoms with Crippen LogP contribution in [-0.2, 0) is 17.1 Å². The van der Waals surface area contributed by atoms with Gasteiger partial charge in [0.1, 0.15) is 5.75 Å². The molecule has 0 bridgehead atoms. The number of aromatic nitrogens is 4. The van der Waals surface area contributed by atoms with Gasteiger partial charge in [-0.05, 0) is 52.2 Å². The third kappa shape index (κ3) is 4.89. The molecule has 0 aliphatic rings. The second-order valence-corrected chi connectivity index (χ2v) is 10.4. The molecule has 0 unspecified atom stereocenters. The molecule has 37 heavy (non-hydrogen) atoms. The van der Waals surface area contributed by atoms with Crippen molar-refractivity contribution in [3.63, 3.8) is 0 Å². The molecule has 3 N–H and O–H groups in total. The van der Waals surface area contributed by atoms with Crippen molar-refractivity contribution < 1.29 is 13.2 Å². The van der Waals surface area contributed by atoms with Crippen molar-refractivity contribution in [2.24, 2.45) is 7.05 Å². The Kier molecular flexibility index (Phi) is 5.92. The van der Waals surface area contributed by atoms with Gasteiger partial charge in [0.2, 0.25) is 10.0 Å². The van der Waals surface area contributed by atoms with Crippen molar-refractivity contribution in [3.8, 4) is 39.1 Å². The molecular formula is C26H23N5O5S. The molecule has 188 valence electrons. The van der Waals surface area contributed by atoms with Crippen LogP contribution in [0.2, 0.25) is 0 Å². The Balaban J connectivity index is 1.73. The number of methoxy groups -OCH3 is 1. The Morgan fingerprint density at radius 2 is 1.62 bits per heavy atom. The zero-order valence-electron chi connectivity index (χ0n) is 20.2. The molecule has 11 heteroatoms. The number of fused-ring (bicyclic) bond motifs is 1. The van der Waals surface area contributed by atoms with Crippen molar-refractivity contribution in [2.45, 2.75) is 0 Å². The molecule has 10 nitrogen and oxygen atoms in total. The average molecular weight is 518 g/mol. The fourth-order valence-electron chi connectivity index (χ4n) is 4.31. The van der Waals surface area contributed by atoms with Crippen LogP contribution in [-0.4, -0.2) is 41.5 Å². The maximum absolute atomic E-state index is 12.6. The lowest BCUT2D eigenvalue weighted by Crippen LogP contribution is -2.22. The molecule has 2 heterocycles. The molecule has 2 aromatic heterocycles. The summed E-state index contributed by atoms with van der Waals surface area (Å²) >= 11 is 0. The fraction of sp³-hybridized carbons (Fsp3) is 0.115. The highest BCUT2D eigenvalue weighted by Crippen LogP contribution is 2.42. The predicted octanol–water partition coefficient (Wildman–Crippen LogP) is 3.33. The number of benzene rings is 3. The third-order valence-electron chi connectivity index (χ3n) is 5.89. The zero-order chi connectivity index (χ0) is 26.3. The van der Waals surface area contributed by atoms with Gasteiger partial charge in [-0.2, -0.15) is 5.10 Å². The van der Waals surface area contributed by atoms with Crippen molar-refractivity contribution in [3.05, 3.63) is 88.0 Å². The maximum atomic E-state index is 12.6. The van der Waals surface area contributed by atoms with E-state index in [1.807, 2.05) is 49.6 Å². The van der Waals surface area contributed by atoms with E-state index in [9.17, 15) is 18.0 Å². The highest BCUT2D eigenvalue weighted by molar-refractivity contribution is 7.92. The van der Waals surface area contributed by atoms with Gasteiger partial charge in [-0.1, -0.05) is 18.2 Å². The normalized spacial score (nSPS) is 11.5. The summed E-state index contributed by atoms with van der Waals surface area (Å²) in [4.78, 5) is 29.0. The molecule has 0 spiro atoms. The van der Waals surface area contributed by atoms with Crippen LogP contribution in [0.15, 0.2) is 76.7 Å². The number of hydrogen-bond acceptors (Lipinski definition) is 6. The molecular weight excluding hydrogens is 494 g/mol. The van der Waals surface area contributed by atoms with Crippen LogP contribution in [0, 0.1) is 0 Å². The van der Waals surface area contributed by atoms with E-state index < -0.39 is 21.3 Å². The minimum absolute atomic E-state index is 0.297. The maximum Gasteiger partial charge on any atom is 0.325 e. The molecule has 0 aliphatic carbocycles. The number of hydrogen-bond donors (Lipinski definition) is 3. The van der Waals surface area contributed by atoms with Gasteiger partial charge in [-0.15, -0.1) is 0 Å². The minimum atomic E-state index is -3.40. The Labute approximate surface area is 211 Å². The monoisotopic (exact) mass is 517 g/mol. The minimum Gasteiger partial charge on any atom is -0.495 e. The second kappa shape index (κ2) is 9.10. The van der Waals surface area contributed by atoms with E-state index in [-0.39, 0.29) is 0 Å². The fourth-order valence-corrected chi connectivity index (χ4v) is 4.86. The Morgan fingerprint density at radius 1 is 0.919 bits per heavy atom. The van der Waals surface area contributed by atoms with Crippen molar-refractivity contribution in [1.82, 2.24) is 19.7 Å². The summed E-state index contributed by atoms with van der Waals surface area (Å²) in [5.41, 5.74) is 3.31. The van der Waals surface area contributed by atoms with Crippen molar-refractivity contribution in [2.75, 3.05) is 18.1 Å². The van der Waals surface area contributed by atoms with Gasteiger partial charge >= 0.3 is 5.69 Å². The van der Waals surface area contributed by atoms with E-state index in [0.717, 1.165) is 39.3 Å². The van der Waals surface area contributed by atoms with Gasteiger partial charge in [0.05, 0.1) is 25.1 Å². The summed E-state index contributed by atoms with van der Waals surface area (Å²) in [6.45, 7) is 0. The van der Waals surface area contributed by atoms with Crippen LogP contribution < -0.4 is 20.7 Å². The van der Waals surface area contributed by atoms with E-state index >= 15 is 0 Å². The molecule has 3 aromatic carbocycles. The first kappa shape index (κ1) is 24.1. The van der Waals surface area contributed by atoms with Crippen LogP contribution in [0.5, 0.6) is 5.75 Å². The summed E-state index contributed by atoms with van der Waals surface area (Å²) in [7, 11) is -0.00848. The number of aryl methyl sites for hydroxylation is 1. The number of nitrogens with one attached hydrogen (secondary N) is 3. The third-order valence-corrected chi connectivity index (χ3v) is 6.50. The first-order valence-corrected chi connectivity index (χ1v) is 13.1. The van der Waals surface area contributed by atoms with Gasteiger partial charge in [-0.3, -0.25) is 19.2 Å². The number of rotatable bonds is 6. The highest BCUT2D eigenvalue weighted by atomic mass is 32.2. The summed E-state index contributed by atoms with van der Waals surface area (Å²) in [6.07, 6.45) is 6.04. The molecule has 0 amide bonds. The lowest BCUT2D eigenvalue weighted by Gasteiger charge is -2.16. The quantitative estimate of drug-likeness (QED) is 0.316.